The number of imidazole rings is 1. The van der Waals surface area contributed by atoms with Crippen molar-refractivity contribution in [2.45, 2.75) is 33.0 Å². The van der Waals surface area contributed by atoms with Crippen molar-refractivity contribution < 1.29 is 13.5 Å². The van der Waals surface area contributed by atoms with Gasteiger partial charge in [-0.15, -0.1) is 0 Å². The molecular weight excluding hydrogens is 560 g/mol. The summed E-state index contributed by atoms with van der Waals surface area (Å²) >= 11 is 6.91. The molecule has 1 unspecified atom stereocenters. The number of hydrogen-bond acceptors (Lipinski definition) is 4. The van der Waals surface area contributed by atoms with Crippen molar-refractivity contribution >= 4 is 31.9 Å². The van der Waals surface area contributed by atoms with Crippen LogP contribution in [0, 0.1) is 12.7 Å². The fourth-order valence-corrected chi connectivity index (χ4v) is 4.36. The molecule has 0 aliphatic rings. The maximum absolute atomic E-state index is 14.3. The standard InChI is InChI=1S/C23H21Br2F2N5O/c1-14-21(9-17(24)12-29-14)33-15(2)20-10-18(27)3-4-19(20)23-28-6-8-31(23)13-16-11-30-32(7-5-26)22(16)25/h3-4,6,8-12,15H,5,7,13H2,1-2H3. The number of ether oxygens (including phenoxy) is 1. The minimum atomic E-state index is -0.500. The molecule has 0 N–H and O–H groups in total. The molecule has 0 bridgehead atoms. The minimum absolute atomic E-state index is 0.179. The van der Waals surface area contributed by atoms with E-state index in [0.29, 0.717) is 28.3 Å². The number of halogens is 4. The largest absolute Gasteiger partial charge is 0.484 e. The molecule has 0 fully saturated rings. The average molecular weight is 581 g/mol. The number of pyridine rings is 1. The van der Waals surface area contributed by atoms with Crippen LogP contribution in [-0.4, -0.2) is 31.0 Å². The predicted molar refractivity (Wildman–Crippen MR) is 128 cm³/mol. The Morgan fingerprint density at radius 1 is 1.15 bits per heavy atom. The summed E-state index contributed by atoms with van der Waals surface area (Å²) in [5, 5.41) is 4.22. The van der Waals surface area contributed by atoms with Gasteiger partial charge in [-0.25, -0.2) is 13.8 Å². The van der Waals surface area contributed by atoms with E-state index in [1.165, 1.54) is 12.1 Å². The summed E-state index contributed by atoms with van der Waals surface area (Å²) in [6, 6.07) is 6.42. The Balaban J connectivity index is 1.67. The van der Waals surface area contributed by atoms with Gasteiger partial charge in [0, 0.05) is 39.8 Å². The van der Waals surface area contributed by atoms with Gasteiger partial charge in [0.1, 0.15) is 34.8 Å². The van der Waals surface area contributed by atoms with Crippen molar-refractivity contribution in [1.82, 2.24) is 24.3 Å². The monoisotopic (exact) mass is 579 g/mol. The Hall–Kier alpha value is -2.59. The van der Waals surface area contributed by atoms with Crippen LogP contribution in [0.4, 0.5) is 8.78 Å². The summed E-state index contributed by atoms with van der Waals surface area (Å²) in [6.07, 6.45) is 6.47. The summed E-state index contributed by atoms with van der Waals surface area (Å²) in [6.45, 7) is 3.86. The second kappa shape index (κ2) is 10.1. The van der Waals surface area contributed by atoms with Gasteiger partial charge in [0.05, 0.1) is 25.0 Å². The van der Waals surface area contributed by atoms with Crippen LogP contribution in [0.5, 0.6) is 5.75 Å². The van der Waals surface area contributed by atoms with Crippen LogP contribution in [-0.2, 0) is 13.1 Å². The van der Waals surface area contributed by atoms with Crippen molar-refractivity contribution in [2.75, 3.05) is 6.67 Å². The molecule has 0 aliphatic carbocycles. The van der Waals surface area contributed by atoms with Crippen LogP contribution in [0.1, 0.15) is 29.8 Å². The molecule has 0 amide bonds. The molecule has 4 rings (SSSR count). The van der Waals surface area contributed by atoms with E-state index in [1.54, 1.807) is 29.3 Å². The van der Waals surface area contributed by atoms with Gasteiger partial charge in [-0.1, -0.05) is 0 Å². The van der Waals surface area contributed by atoms with Gasteiger partial charge in [-0.05, 0) is 70.0 Å². The van der Waals surface area contributed by atoms with Gasteiger partial charge >= 0.3 is 0 Å². The molecule has 0 saturated carbocycles. The first-order valence-electron chi connectivity index (χ1n) is 10.2. The lowest BCUT2D eigenvalue weighted by Gasteiger charge is -2.20. The molecule has 172 valence electrons. The number of alkyl halides is 1. The number of hydrogen-bond donors (Lipinski definition) is 0. The topological polar surface area (TPSA) is 57.8 Å². The first-order valence-corrected chi connectivity index (χ1v) is 11.8. The van der Waals surface area contributed by atoms with Crippen molar-refractivity contribution in [2.24, 2.45) is 0 Å². The minimum Gasteiger partial charge on any atom is -0.484 e. The molecule has 10 heteroatoms. The molecular formula is C23H21Br2F2N5O. The van der Waals surface area contributed by atoms with E-state index in [-0.39, 0.29) is 12.4 Å². The third-order valence-electron chi connectivity index (χ3n) is 5.20. The molecule has 33 heavy (non-hydrogen) atoms. The molecule has 3 aromatic heterocycles. The Bertz CT molecular complexity index is 1270. The van der Waals surface area contributed by atoms with E-state index in [1.807, 2.05) is 30.7 Å². The number of nitrogens with zero attached hydrogens (tertiary/aromatic N) is 5. The molecule has 1 aromatic carbocycles. The molecule has 3 heterocycles. The molecule has 0 radical (unpaired) electrons. The first-order chi connectivity index (χ1) is 15.9. The summed E-state index contributed by atoms with van der Waals surface area (Å²) < 4.78 is 38.2. The van der Waals surface area contributed by atoms with Gasteiger partial charge in [0.15, 0.2) is 0 Å². The Morgan fingerprint density at radius 2 is 1.97 bits per heavy atom. The van der Waals surface area contributed by atoms with E-state index >= 15 is 0 Å². The van der Waals surface area contributed by atoms with Crippen molar-refractivity contribution in [1.29, 1.82) is 0 Å². The highest BCUT2D eigenvalue weighted by molar-refractivity contribution is 9.10. The van der Waals surface area contributed by atoms with E-state index in [4.69, 9.17) is 4.74 Å². The zero-order chi connectivity index (χ0) is 23.5. The van der Waals surface area contributed by atoms with Gasteiger partial charge in [-0.3, -0.25) is 9.67 Å². The first kappa shape index (κ1) is 23.6. The summed E-state index contributed by atoms with van der Waals surface area (Å²) in [7, 11) is 0. The molecule has 1 atom stereocenters. The van der Waals surface area contributed by atoms with Crippen molar-refractivity contribution in [3.63, 3.8) is 0 Å². The van der Waals surface area contributed by atoms with E-state index in [9.17, 15) is 8.78 Å². The van der Waals surface area contributed by atoms with Crippen LogP contribution < -0.4 is 4.74 Å². The summed E-state index contributed by atoms with van der Waals surface area (Å²) in [5.74, 6) is 0.913. The van der Waals surface area contributed by atoms with Crippen LogP contribution in [0.25, 0.3) is 11.4 Å². The SMILES string of the molecule is Cc1ncc(Br)cc1OC(C)c1cc(F)ccc1-c1nccn1Cc1cnn(CCF)c1Br. The van der Waals surface area contributed by atoms with Gasteiger partial charge < -0.3 is 9.30 Å². The normalized spacial score (nSPS) is 12.2. The number of benzene rings is 1. The lowest BCUT2D eigenvalue weighted by atomic mass is 10.0. The van der Waals surface area contributed by atoms with Crippen LogP contribution in [0.2, 0.25) is 0 Å². The lowest BCUT2D eigenvalue weighted by molar-refractivity contribution is 0.224. The van der Waals surface area contributed by atoms with E-state index < -0.39 is 12.8 Å². The van der Waals surface area contributed by atoms with Gasteiger partial charge in [0.2, 0.25) is 0 Å². The highest BCUT2D eigenvalue weighted by Crippen LogP contribution is 2.33. The zero-order valence-electron chi connectivity index (χ0n) is 18.0. The smallest absolute Gasteiger partial charge is 0.142 e. The molecule has 0 saturated heterocycles. The predicted octanol–water partition coefficient (Wildman–Crippen LogP) is 6.27. The summed E-state index contributed by atoms with van der Waals surface area (Å²) in [4.78, 5) is 8.83. The van der Waals surface area contributed by atoms with Crippen molar-refractivity contribution in [3.05, 3.63) is 80.8 Å². The number of aromatic nitrogens is 5. The highest BCUT2D eigenvalue weighted by atomic mass is 79.9. The maximum Gasteiger partial charge on any atom is 0.142 e. The lowest BCUT2D eigenvalue weighted by Crippen LogP contribution is -2.09. The van der Waals surface area contributed by atoms with Gasteiger partial charge in [-0.2, -0.15) is 5.10 Å². The fourth-order valence-electron chi connectivity index (χ4n) is 3.55. The van der Waals surface area contributed by atoms with E-state index in [0.717, 1.165) is 21.3 Å². The molecule has 6 nitrogen and oxygen atoms in total. The molecule has 4 aromatic rings. The van der Waals surface area contributed by atoms with Crippen LogP contribution in [0.3, 0.4) is 0 Å². The number of aryl methyl sites for hydroxylation is 2. The summed E-state index contributed by atoms with van der Waals surface area (Å²) in [5.41, 5.74) is 3.03. The second-order valence-corrected chi connectivity index (χ2v) is 9.15. The highest BCUT2D eigenvalue weighted by Gasteiger charge is 2.20. The van der Waals surface area contributed by atoms with Crippen LogP contribution >= 0.6 is 31.9 Å². The zero-order valence-corrected chi connectivity index (χ0v) is 21.1. The Kier molecular flexibility index (Phi) is 7.23. The van der Waals surface area contributed by atoms with Crippen LogP contribution in [0.15, 0.2) is 58.1 Å². The third-order valence-corrected chi connectivity index (χ3v) is 6.55. The van der Waals surface area contributed by atoms with Gasteiger partial charge in [0.25, 0.3) is 0 Å². The fraction of sp³-hybridized carbons (Fsp3) is 0.261. The van der Waals surface area contributed by atoms with Crippen molar-refractivity contribution in [3.8, 4) is 17.1 Å². The Morgan fingerprint density at radius 3 is 2.76 bits per heavy atom. The maximum atomic E-state index is 14.3. The molecule has 0 spiro atoms. The second-order valence-electron chi connectivity index (χ2n) is 7.48. The third kappa shape index (κ3) is 5.16. The molecule has 0 aliphatic heterocycles. The Labute approximate surface area is 206 Å². The van der Waals surface area contributed by atoms with E-state index in [2.05, 4.69) is 46.9 Å². The number of rotatable bonds is 8. The quantitative estimate of drug-likeness (QED) is 0.246. The average Bonchev–Trinajstić information content (AvgIpc) is 3.38.